The number of benzene rings is 2. The first-order valence-corrected chi connectivity index (χ1v) is 10.7. The van der Waals surface area contributed by atoms with E-state index in [1.54, 1.807) is 18.2 Å². The lowest BCUT2D eigenvalue weighted by atomic mass is 9.89. The van der Waals surface area contributed by atoms with Crippen molar-refractivity contribution in [2.45, 2.75) is 24.9 Å². The van der Waals surface area contributed by atoms with Crippen LogP contribution in [0.1, 0.15) is 24.1 Å². The molecule has 3 aromatic rings. The van der Waals surface area contributed by atoms with Gasteiger partial charge in [0.1, 0.15) is 11.3 Å². The number of methoxy groups -OCH3 is 1. The Morgan fingerprint density at radius 1 is 1.06 bits per heavy atom. The molecular weight excluding hydrogens is 386 g/mol. The van der Waals surface area contributed by atoms with Crippen LogP contribution in [0.3, 0.4) is 0 Å². The molecule has 1 amide bonds. The number of pyridine rings is 1. The monoisotopic (exact) mass is 415 g/mol. The van der Waals surface area contributed by atoms with Gasteiger partial charge in [-0.05, 0) is 54.8 Å². The van der Waals surface area contributed by atoms with Crippen LogP contribution in [0.4, 0.5) is 0 Å². The summed E-state index contributed by atoms with van der Waals surface area (Å²) in [5, 5.41) is 0. The van der Waals surface area contributed by atoms with E-state index in [4.69, 9.17) is 4.74 Å². The number of hydrogen-bond donors (Lipinski definition) is 0. The van der Waals surface area contributed by atoms with Gasteiger partial charge in [0, 0.05) is 32.4 Å². The quantitative estimate of drug-likeness (QED) is 0.601. The summed E-state index contributed by atoms with van der Waals surface area (Å²) in [5.74, 6) is 0.903. The number of aromatic nitrogens is 1. The lowest BCUT2D eigenvalue weighted by molar-refractivity contribution is -0.141. The normalized spacial score (nSPS) is 18.7. The molecule has 0 bridgehead atoms. The van der Waals surface area contributed by atoms with Crippen LogP contribution in [0.25, 0.3) is 11.1 Å². The number of ether oxygens (including phenoxy) is 1. The van der Waals surface area contributed by atoms with Gasteiger partial charge in [-0.25, -0.2) is 0 Å². The third kappa shape index (κ3) is 3.93. The highest BCUT2D eigenvalue weighted by molar-refractivity contribution is 5.87. The molecule has 31 heavy (non-hydrogen) atoms. The Labute approximate surface area is 184 Å². The molecule has 0 spiro atoms. The minimum absolute atomic E-state index is 0.0712. The van der Waals surface area contributed by atoms with Gasteiger partial charge in [-0.1, -0.05) is 42.5 Å². The number of amides is 1. The van der Waals surface area contributed by atoms with Gasteiger partial charge in [-0.3, -0.25) is 14.7 Å². The molecule has 4 rings (SSSR count). The van der Waals surface area contributed by atoms with E-state index in [-0.39, 0.29) is 5.91 Å². The maximum atomic E-state index is 13.5. The Morgan fingerprint density at radius 2 is 1.84 bits per heavy atom. The van der Waals surface area contributed by atoms with E-state index >= 15 is 0 Å². The highest BCUT2D eigenvalue weighted by Crippen LogP contribution is 2.41. The smallest absolute Gasteiger partial charge is 0.248 e. The SMILES string of the molecule is COc1ccc(-c2ccccc2)cc1CN1CCCC1(C(=O)N(C)C)c1ccccn1. The van der Waals surface area contributed by atoms with Crippen LogP contribution in [-0.4, -0.2) is 48.4 Å². The molecule has 0 aliphatic carbocycles. The molecule has 0 saturated carbocycles. The van der Waals surface area contributed by atoms with Gasteiger partial charge in [0.25, 0.3) is 0 Å². The van der Waals surface area contributed by atoms with Crippen LogP contribution in [0.5, 0.6) is 5.75 Å². The molecule has 5 nitrogen and oxygen atoms in total. The summed E-state index contributed by atoms with van der Waals surface area (Å²) in [6.07, 6.45) is 3.46. The van der Waals surface area contributed by atoms with E-state index in [9.17, 15) is 4.79 Å². The largest absolute Gasteiger partial charge is 0.496 e. The molecule has 0 radical (unpaired) electrons. The van der Waals surface area contributed by atoms with E-state index < -0.39 is 5.54 Å². The van der Waals surface area contributed by atoms with Crippen molar-refractivity contribution in [2.75, 3.05) is 27.7 Å². The van der Waals surface area contributed by atoms with E-state index in [1.165, 1.54) is 0 Å². The highest BCUT2D eigenvalue weighted by Gasteiger charge is 2.50. The molecule has 1 saturated heterocycles. The molecule has 2 heterocycles. The summed E-state index contributed by atoms with van der Waals surface area (Å²) in [5.41, 5.74) is 3.41. The number of likely N-dealkylation sites (tertiary alicyclic amines) is 1. The first-order chi connectivity index (χ1) is 15.1. The average molecular weight is 416 g/mol. The molecule has 5 heteroatoms. The van der Waals surface area contributed by atoms with Crippen LogP contribution < -0.4 is 4.74 Å². The molecule has 2 aromatic carbocycles. The zero-order chi connectivity index (χ0) is 21.8. The molecule has 1 aromatic heterocycles. The predicted octanol–water partition coefficient (Wildman–Crippen LogP) is 4.34. The Bertz CT molecular complexity index is 1040. The lowest BCUT2D eigenvalue weighted by Crippen LogP contribution is -2.52. The molecule has 160 valence electrons. The standard InChI is InChI=1S/C26H29N3O2/c1-28(2)25(30)26(24-12-7-8-16-27-24)15-9-17-29(26)19-22-18-21(13-14-23(22)31-3)20-10-5-4-6-11-20/h4-8,10-14,16,18H,9,15,17,19H2,1-3H3. The Balaban J connectivity index is 1.76. The van der Waals surface area contributed by atoms with Crippen molar-refractivity contribution in [3.05, 3.63) is 84.2 Å². The second kappa shape index (κ2) is 8.90. The van der Waals surface area contributed by atoms with Crippen LogP contribution in [0, 0.1) is 0 Å². The van der Waals surface area contributed by atoms with Crippen molar-refractivity contribution in [3.63, 3.8) is 0 Å². The first-order valence-electron chi connectivity index (χ1n) is 10.7. The van der Waals surface area contributed by atoms with E-state index in [0.29, 0.717) is 6.54 Å². The second-order valence-corrected chi connectivity index (χ2v) is 8.19. The molecule has 1 fully saturated rings. The summed E-state index contributed by atoms with van der Waals surface area (Å²) < 4.78 is 5.69. The van der Waals surface area contributed by atoms with Crippen molar-refractivity contribution in [2.24, 2.45) is 0 Å². The lowest BCUT2D eigenvalue weighted by Gasteiger charge is -2.38. The maximum absolute atomic E-state index is 13.5. The van der Waals surface area contributed by atoms with Crippen LogP contribution in [0.2, 0.25) is 0 Å². The van der Waals surface area contributed by atoms with E-state index in [2.05, 4.69) is 34.1 Å². The minimum Gasteiger partial charge on any atom is -0.496 e. The summed E-state index contributed by atoms with van der Waals surface area (Å²) in [6.45, 7) is 1.44. The number of rotatable bonds is 6. The summed E-state index contributed by atoms with van der Waals surface area (Å²) in [6, 6.07) is 22.4. The molecular formula is C26H29N3O2. The van der Waals surface area contributed by atoms with Crippen molar-refractivity contribution in [1.82, 2.24) is 14.8 Å². The van der Waals surface area contributed by atoms with Crippen molar-refractivity contribution in [3.8, 4) is 16.9 Å². The van der Waals surface area contributed by atoms with Crippen LogP contribution in [0.15, 0.2) is 72.9 Å². The fraction of sp³-hybridized carbons (Fsp3) is 0.308. The third-order valence-corrected chi connectivity index (χ3v) is 6.10. The van der Waals surface area contributed by atoms with Crippen molar-refractivity contribution < 1.29 is 9.53 Å². The Morgan fingerprint density at radius 3 is 2.52 bits per heavy atom. The van der Waals surface area contributed by atoms with Gasteiger partial charge in [-0.2, -0.15) is 0 Å². The van der Waals surface area contributed by atoms with Crippen LogP contribution in [-0.2, 0) is 16.9 Å². The third-order valence-electron chi connectivity index (χ3n) is 6.10. The Kier molecular flexibility index (Phi) is 6.05. The second-order valence-electron chi connectivity index (χ2n) is 8.19. The summed E-state index contributed by atoms with van der Waals surface area (Å²) in [4.78, 5) is 22.1. The average Bonchev–Trinajstić information content (AvgIpc) is 3.23. The van der Waals surface area contributed by atoms with Gasteiger partial charge in [0.05, 0.1) is 12.8 Å². The first kappa shape index (κ1) is 21.1. The minimum atomic E-state index is -0.765. The summed E-state index contributed by atoms with van der Waals surface area (Å²) >= 11 is 0. The molecule has 1 aliphatic rings. The maximum Gasteiger partial charge on any atom is 0.248 e. The zero-order valence-electron chi connectivity index (χ0n) is 18.4. The van der Waals surface area contributed by atoms with Gasteiger partial charge in [-0.15, -0.1) is 0 Å². The van der Waals surface area contributed by atoms with E-state index in [0.717, 1.165) is 47.5 Å². The summed E-state index contributed by atoms with van der Waals surface area (Å²) in [7, 11) is 5.34. The number of carbonyl (C=O) groups excluding carboxylic acids is 1. The van der Waals surface area contributed by atoms with Crippen molar-refractivity contribution in [1.29, 1.82) is 0 Å². The number of carbonyl (C=O) groups is 1. The number of likely N-dealkylation sites (N-methyl/N-ethyl adjacent to an activating group) is 1. The van der Waals surface area contributed by atoms with E-state index in [1.807, 2.05) is 56.6 Å². The number of hydrogen-bond acceptors (Lipinski definition) is 4. The Hall–Kier alpha value is -3.18. The molecule has 1 unspecified atom stereocenters. The van der Waals surface area contributed by atoms with Gasteiger partial charge in [0.2, 0.25) is 5.91 Å². The van der Waals surface area contributed by atoms with Gasteiger partial charge in [0.15, 0.2) is 0 Å². The molecule has 1 atom stereocenters. The molecule has 1 aliphatic heterocycles. The predicted molar refractivity (Wildman–Crippen MR) is 123 cm³/mol. The van der Waals surface area contributed by atoms with Gasteiger partial charge >= 0.3 is 0 Å². The van der Waals surface area contributed by atoms with Crippen LogP contribution >= 0.6 is 0 Å². The fourth-order valence-electron chi connectivity index (χ4n) is 4.63. The van der Waals surface area contributed by atoms with Gasteiger partial charge < -0.3 is 9.64 Å². The molecule has 0 N–H and O–H groups in total. The fourth-order valence-corrected chi connectivity index (χ4v) is 4.63. The van der Waals surface area contributed by atoms with Crippen molar-refractivity contribution >= 4 is 5.91 Å². The highest BCUT2D eigenvalue weighted by atomic mass is 16.5. The number of nitrogens with zero attached hydrogens (tertiary/aromatic N) is 3. The zero-order valence-corrected chi connectivity index (χ0v) is 18.4. The topological polar surface area (TPSA) is 45.7 Å².